The number of hydrogen-bond donors (Lipinski definition) is 1. The van der Waals surface area contributed by atoms with Crippen LogP contribution in [0.1, 0.15) is 27.0 Å². The second-order valence-electron chi connectivity index (χ2n) is 7.11. The number of ether oxygens (including phenoxy) is 2. The Hall–Kier alpha value is -2.42. The third-order valence-electron chi connectivity index (χ3n) is 4.93. The van der Waals surface area contributed by atoms with Crippen LogP contribution in [-0.4, -0.2) is 52.0 Å². The van der Waals surface area contributed by atoms with Gasteiger partial charge >= 0.3 is 0 Å². The first-order valence-electron chi connectivity index (χ1n) is 9.39. The summed E-state index contributed by atoms with van der Waals surface area (Å²) in [6.45, 7) is 7.07. The first kappa shape index (κ1) is 21.3. The lowest BCUT2D eigenvalue weighted by Gasteiger charge is -2.26. The van der Waals surface area contributed by atoms with Crippen molar-refractivity contribution in [1.29, 1.82) is 0 Å². The van der Waals surface area contributed by atoms with Crippen LogP contribution in [0.2, 0.25) is 0 Å². The Balaban J connectivity index is 1.95. The summed E-state index contributed by atoms with van der Waals surface area (Å²) >= 11 is 0. The van der Waals surface area contributed by atoms with E-state index in [1.54, 1.807) is 6.07 Å². The van der Waals surface area contributed by atoms with Gasteiger partial charge in [0, 0.05) is 24.3 Å². The maximum absolute atomic E-state index is 13.1. The van der Waals surface area contributed by atoms with Crippen molar-refractivity contribution in [3.05, 3.63) is 52.6 Å². The van der Waals surface area contributed by atoms with E-state index in [0.29, 0.717) is 13.2 Å². The molecule has 0 aromatic heterocycles. The van der Waals surface area contributed by atoms with Gasteiger partial charge in [-0.2, -0.15) is 4.31 Å². The van der Waals surface area contributed by atoms with Crippen LogP contribution in [0.15, 0.2) is 35.2 Å². The highest BCUT2D eigenvalue weighted by molar-refractivity contribution is 7.89. The summed E-state index contributed by atoms with van der Waals surface area (Å²) in [5.41, 5.74) is 3.99. The van der Waals surface area contributed by atoms with Crippen LogP contribution in [0.25, 0.3) is 0 Å². The van der Waals surface area contributed by atoms with Gasteiger partial charge < -0.3 is 14.8 Å². The Morgan fingerprint density at radius 1 is 1.07 bits per heavy atom. The lowest BCUT2D eigenvalue weighted by atomic mass is 10.0. The molecule has 1 N–H and O–H groups in total. The Labute approximate surface area is 171 Å². The molecule has 29 heavy (non-hydrogen) atoms. The van der Waals surface area contributed by atoms with Gasteiger partial charge in [0.2, 0.25) is 10.0 Å². The molecule has 0 radical (unpaired) electrons. The van der Waals surface area contributed by atoms with Gasteiger partial charge in [0.25, 0.3) is 5.91 Å². The predicted octanol–water partition coefficient (Wildman–Crippen LogP) is 2.89. The molecule has 0 aliphatic carbocycles. The molecule has 0 spiro atoms. The molecule has 8 heteroatoms. The molecular formula is C21H26N2O5S. The van der Waals surface area contributed by atoms with Gasteiger partial charge in [0.1, 0.15) is 10.6 Å². The van der Waals surface area contributed by atoms with Crippen LogP contribution >= 0.6 is 0 Å². The van der Waals surface area contributed by atoms with Gasteiger partial charge in [-0.15, -0.1) is 0 Å². The Bertz CT molecular complexity index is 1000. The number of benzene rings is 2. The van der Waals surface area contributed by atoms with Crippen molar-refractivity contribution in [3.8, 4) is 5.75 Å². The first-order valence-corrected chi connectivity index (χ1v) is 10.8. The number of hydrogen-bond acceptors (Lipinski definition) is 5. The zero-order valence-electron chi connectivity index (χ0n) is 17.1. The molecule has 1 heterocycles. The van der Waals surface area contributed by atoms with Crippen LogP contribution in [0, 0.1) is 20.8 Å². The van der Waals surface area contributed by atoms with E-state index in [9.17, 15) is 13.2 Å². The van der Waals surface area contributed by atoms with Crippen LogP contribution in [0.5, 0.6) is 5.75 Å². The highest BCUT2D eigenvalue weighted by atomic mass is 32.2. The number of carbonyl (C=O) groups excluding carboxylic acids is 1. The fraction of sp³-hybridized carbons (Fsp3) is 0.381. The minimum Gasteiger partial charge on any atom is -0.495 e. The first-order chi connectivity index (χ1) is 13.7. The molecule has 0 unspecified atom stereocenters. The number of carbonyl (C=O) groups is 1. The lowest BCUT2D eigenvalue weighted by Crippen LogP contribution is -2.40. The molecule has 0 atom stereocenters. The molecule has 1 amide bonds. The van der Waals surface area contributed by atoms with E-state index in [1.165, 1.54) is 23.5 Å². The normalized spacial score (nSPS) is 15.2. The molecule has 1 aliphatic rings. The molecular weight excluding hydrogens is 392 g/mol. The van der Waals surface area contributed by atoms with E-state index in [-0.39, 0.29) is 35.2 Å². The molecule has 156 valence electrons. The number of anilines is 1. The van der Waals surface area contributed by atoms with Crippen LogP contribution in [0.4, 0.5) is 5.69 Å². The highest BCUT2D eigenvalue weighted by Crippen LogP contribution is 2.29. The van der Waals surface area contributed by atoms with Crippen molar-refractivity contribution in [1.82, 2.24) is 4.31 Å². The topological polar surface area (TPSA) is 84.9 Å². The Morgan fingerprint density at radius 2 is 1.69 bits per heavy atom. The SMILES string of the molecule is COc1ccc(C(=O)Nc2c(C)cc(C)cc2C)cc1S(=O)(=O)N1CCOCC1. The summed E-state index contributed by atoms with van der Waals surface area (Å²) in [7, 11) is -2.40. The molecule has 0 saturated carbocycles. The van der Waals surface area contributed by atoms with E-state index in [1.807, 2.05) is 32.9 Å². The number of nitrogens with zero attached hydrogens (tertiary/aromatic N) is 1. The minimum absolute atomic E-state index is 0.0214. The average Bonchev–Trinajstić information content (AvgIpc) is 2.70. The van der Waals surface area contributed by atoms with Crippen LogP contribution < -0.4 is 10.1 Å². The van der Waals surface area contributed by atoms with Gasteiger partial charge in [-0.1, -0.05) is 17.7 Å². The summed E-state index contributed by atoms with van der Waals surface area (Å²) in [6, 6.07) is 8.43. The Kier molecular flexibility index (Phi) is 6.26. The van der Waals surface area contributed by atoms with Crippen molar-refractivity contribution in [3.63, 3.8) is 0 Å². The van der Waals surface area contributed by atoms with Gasteiger partial charge in [0.15, 0.2) is 0 Å². The summed E-state index contributed by atoms with van der Waals surface area (Å²) < 4.78 is 38.1. The maximum atomic E-state index is 13.1. The fourth-order valence-electron chi connectivity index (χ4n) is 3.51. The van der Waals surface area contributed by atoms with E-state index < -0.39 is 10.0 Å². The predicted molar refractivity (Wildman–Crippen MR) is 111 cm³/mol. The smallest absolute Gasteiger partial charge is 0.255 e. The lowest BCUT2D eigenvalue weighted by molar-refractivity contribution is 0.0729. The number of methoxy groups -OCH3 is 1. The van der Waals surface area contributed by atoms with Crippen molar-refractivity contribution in [2.75, 3.05) is 38.7 Å². The van der Waals surface area contributed by atoms with Crippen molar-refractivity contribution in [2.45, 2.75) is 25.7 Å². The van der Waals surface area contributed by atoms with Gasteiger partial charge in [0.05, 0.1) is 20.3 Å². The van der Waals surface area contributed by atoms with Gasteiger partial charge in [-0.25, -0.2) is 8.42 Å². The van der Waals surface area contributed by atoms with Crippen molar-refractivity contribution >= 4 is 21.6 Å². The molecule has 0 bridgehead atoms. The Morgan fingerprint density at radius 3 is 2.28 bits per heavy atom. The quantitative estimate of drug-likeness (QED) is 0.807. The average molecular weight is 419 g/mol. The summed E-state index contributed by atoms with van der Waals surface area (Å²) in [6.07, 6.45) is 0. The molecule has 1 aliphatic heterocycles. The number of rotatable bonds is 5. The van der Waals surface area contributed by atoms with E-state index in [4.69, 9.17) is 9.47 Å². The monoisotopic (exact) mass is 418 g/mol. The molecule has 1 fully saturated rings. The van der Waals surface area contributed by atoms with Crippen LogP contribution in [0.3, 0.4) is 0 Å². The fourth-order valence-corrected chi connectivity index (χ4v) is 5.10. The third-order valence-corrected chi connectivity index (χ3v) is 6.85. The largest absolute Gasteiger partial charge is 0.495 e. The third kappa shape index (κ3) is 4.44. The number of sulfonamides is 1. The minimum atomic E-state index is -3.81. The van der Waals surface area contributed by atoms with Gasteiger partial charge in [-0.3, -0.25) is 4.79 Å². The number of aryl methyl sites for hydroxylation is 3. The summed E-state index contributed by atoms with van der Waals surface area (Å²) in [5.74, 6) is -0.170. The van der Waals surface area contributed by atoms with E-state index in [0.717, 1.165) is 22.4 Å². The van der Waals surface area contributed by atoms with Crippen molar-refractivity contribution < 1.29 is 22.7 Å². The number of nitrogens with one attached hydrogen (secondary N) is 1. The molecule has 2 aromatic rings. The number of amides is 1. The van der Waals surface area contributed by atoms with Crippen molar-refractivity contribution in [2.24, 2.45) is 0 Å². The zero-order chi connectivity index (χ0) is 21.2. The zero-order valence-corrected chi connectivity index (χ0v) is 17.9. The van der Waals surface area contributed by atoms with E-state index >= 15 is 0 Å². The highest BCUT2D eigenvalue weighted by Gasteiger charge is 2.30. The van der Waals surface area contributed by atoms with Crippen LogP contribution in [-0.2, 0) is 14.8 Å². The second-order valence-corrected chi connectivity index (χ2v) is 9.02. The standard InChI is InChI=1S/C21H26N2O5S/c1-14-11-15(2)20(16(3)12-14)22-21(24)17-5-6-18(27-4)19(13-17)29(25,26)23-7-9-28-10-8-23/h5-6,11-13H,7-10H2,1-4H3,(H,22,24). The molecule has 2 aromatic carbocycles. The van der Waals surface area contributed by atoms with E-state index in [2.05, 4.69) is 5.32 Å². The van der Waals surface area contributed by atoms with Gasteiger partial charge in [-0.05, 0) is 50.1 Å². The number of morpholine rings is 1. The molecule has 7 nitrogen and oxygen atoms in total. The maximum Gasteiger partial charge on any atom is 0.255 e. The summed E-state index contributed by atoms with van der Waals surface area (Å²) in [4.78, 5) is 12.9. The second kappa shape index (κ2) is 8.52. The molecule has 3 rings (SSSR count). The summed E-state index contributed by atoms with van der Waals surface area (Å²) in [5, 5.41) is 2.91. The molecule has 1 saturated heterocycles.